The number of hydrogen-bond donors (Lipinski definition) is 1. The molecule has 0 atom stereocenters. The zero-order valence-corrected chi connectivity index (χ0v) is 11.4. The Morgan fingerprint density at radius 3 is 2.45 bits per heavy atom. The maximum atomic E-state index is 12.4. The van der Waals surface area contributed by atoms with Crippen molar-refractivity contribution in [3.63, 3.8) is 0 Å². The molecule has 1 N–H and O–H groups in total. The minimum absolute atomic E-state index is 0.0993. The molecular formula is C14H17N5O. The Kier molecular flexibility index (Phi) is 3.37. The molecule has 2 aromatic rings. The van der Waals surface area contributed by atoms with Crippen molar-refractivity contribution in [3.8, 4) is 0 Å². The molecule has 0 radical (unpaired) electrons. The average molecular weight is 271 g/mol. The second-order valence-corrected chi connectivity index (χ2v) is 4.95. The number of H-pyrrole nitrogens is 1. The first-order valence-corrected chi connectivity index (χ1v) is 6.70. The van der Waals surface area contributed by atoms with Crippen LogP contribution in [0.25, 0.3) is 0 Å². The monoisotopic (exact) mass is 271 g/mol. The summed E-state index contributed by atoms with van der Waals surface area (Å²) in [5.41, 5.74) is 1.92. The number of nitrogens with one attached hydrogen (secondary N) is 1. The normalized spacial score (nSPS) is 15.4. The third-order valence-corrected chi connectivity index (χ3v) is 3.57. The minimum Gasteiger partial charge on any atom is -0.338 e. The van der Waals surface area contributed by atoms with Crippen LogP contribution in [-0.4, -0.2) is 52.2 Å². The first-order chi connectivity index (χ1) is 9.74. The lowest BCUT2D eigenvalue weighted by Gasteiger charge is -2.34. The molecule has 0 aliphatic carbocycles. The predicted octanol–water partition coefficient (Wildman–Crippen LogP) is 1.08. The van der Waals surface area contributed by atoms with Crippen LogP contribution >= 0.6 is 0 Å². The molecule has 1 aliphatic rings. The summed E-state index contributed by atoms with van der Waals surface area (Å²) in [6.45, 7) is 4.96. The first-order valence-electron chi connectivity index (χ1n) is 6.70. The van der Waals surface area contributed by atoms with Crippen LogP contribution in [0.3, 0.4) is 0 Å². The van der Waals surface area contributed by atoms with E-state index >= 15 is 0 Å². The fraction of sp³-hybridized carbons (Fsp3) is 0.357. The number of aromatic amines is 1. The largest absolute Gasteiger partial charge is 0.338 e. The van der Waals surface area contributed by atoms with Gasteiger partial charge in [-0.25, -0.2) is 5.10 Å². The predicted molar refractivity (Wildman–Crippen MR) is 75.7 cm³/mol. The van der Waals surface area contributed by atoms with Crippen LogP contribution in [0.4, 0.5) is 5.95 Å². The number of carbonyl (C=O) groups excluding carboxylic acids is 1. The fourth-order valence-corrected chi connectivity index (χ4v) is 2.35. The molecule has 1 saturated heterocycles. The smallest absolute Gasteiger partial charge is 0.253 e. The van der Waals surface area contributed by atoms with Gasteiger partial charge in [0.15, 0.2) is 0 Å². The van der Waals surface area contributed by atoms with Gasteiger partial charge in [-0.1, -0.05) is 17.7 Å². The summed E-state index contributed by atoms with van der Waals surface area (Å²) in [5.74, 6) is 0.870. The summed E-state index contributed by atoms with van der Waals surface area (Å²) in [6, 6.07) is 7.72. The van der Waals surface area contributed by atoms with E-state index in [0.717, 1.165) is 30.2 Å². The van der Waals surface area contributed by atoms with Crippen molar-refractivity contribution in [2.24, 2.45) is 0 Å². The van der Waals surface area contributed by atoms with Crippen molar-refractivity contribution < 1.29 is 4.79 Å². The van der Waals surface area contributed by atoms with Gasteiger partial charge < -0.3 is 9.80 Å². The molecule has 0 unspecified atom stereocenters. The van der Waals surface area contributed by atoms with Crippen LogP contribution in [0.5, 0.6) is 0 Å². The number of piperazine rings is 1. The van der Waals surface area contributed by atoms with Gasteiger partial charge in [0, 0.05) is 31.7 Å². The Hall–Kier alpha value is -2.37. The molecule has 1 aromatic heterocycles. The van der Waals surface area contributed by atoms with Crippen molar-refractivity contribution in [2.45, 2.75) is 6.92 Å². The molecule has 0 spiro atoms. The molecule has 0 saturated carbocycles. The van der Waals surface area contributed by atoms with Gasteiger partial charge in [-0.2, -0.15) is 10.1 Å². The highest BCUT2D eigenvalue weighted by atomic mass is 16.2. The number of aromatic nitrogens is 3. The van der Waals surface area contributed by atoms with E-state index in [1.807, 2.05) is 36.1 Å². The number of aryl methyl sites for hydroxylation is 1. The Bertz CT molecular complexity index is 570. The van der Waals surface area contributed by atoms with Crippen molar-refractivity contribution >= 4 is 11.9 Å². The summed E-state index contributed by atoms with van der Waals surface area (Å²) in [5, 5.41) is 6.70. The second kappa shape index (κ2) is 5.32. The van der Waals surface area contributed by atoms with Crippen molar-refractivity contribution in [2.75, 3.05) is 31.1 Å². The van der Waals surface area contributed by atoms with E-state index in [2.05, 4.69) is 20.1 Å². The van der Waals surface area contributed by atoms with Crippen LogP contribution in [0.1, 0.15) is 15.9 Å². The van der Waals surface area contributed by atoms with E-state index in [-0.39, 0.29) is 5.91 Å². The molecule has 6 heteroatoms. The quantitative estimate of drug-likeness (QED) is 0.887. The van der Waals surface area contributed by atoms with Crippen LogP contribution in [0, 0.1) is 6.92 Å². The standard InChI is InChI=1S/C14H17N5O/c1-11-2-4-12(5-3-11)13(20)18-6-8-19(9-7-18)14-15-10-16-17-14/h2-5,10H,6-9H2,1H3,(H,15,16,17). The van der Waals surface area contributed by atoms with Crippen LogP contribution in [0.15, 0.2) is 30.6 Å². The maximum Gasteiger partial charge on any atom is 0.253 e. The van der Waals surface area contributed by atoms with E-state index in [4.69, 9.17) is 0 Å². The summed E-state index contributed by atoms with van der Waals surface area (Å²) >= 11 is 0. The molecule has 104 valence electrons. The Morgan fingerprint density at radius 1 is 1.15 bits per heavy atom. The Morgan fingerprint density at radius 2 is 1.85 bits per heavy atom. The first kappa shape index (κ1) is 12.7. The molecule has 1 amide bonds. The van der Waals surface area contributed by atoms with Gasteiger partial charge in [0.05, 0.1) is 0 Å². The maximum absolute atomic E-state index is 12.4. The number of hydrogen-bond acceptors (Lipinski definition) is 4. The van der Waals surface area contributed by atoms with Crippen LogP contribution in [0.2, 0.25) is 0 Å². The summed E-state index contributed by atoms with van der Waals surface area (Å²) < 4.78 is 0. The van der Waals surface area contributed by atoms with Crippen LogP contribution in [-0.2, 0) is 0 Å². The Labute approximate surface area is 117 Å². The zero-order chi connectivity index (χ0) is 13.9. The van der Waals surface area contributed by atoms with Gasteiger partial charge in [0.1, 0.15) is 6.33 Å². The third-order valence-electron chi connectivity index (χ3n) is 3.57. The van der Waals surface area contributed by atoms with E-state index in [0.29, 0.717) is 13.1 Å². The van der Waals surface area contributed by atoms with Gasteiger partial charge in [-0.3, -0.25) is 4.79 Å². The number of nitrogens with zero attached hydrogens (tertiary/aromatic N) is 4. The number of amides is 1. The minimum atomic E-state index is 0.0993. The Balaban J connectivity index is 1.63. The van der Waals surface area contributed by atoms with E-state index in [1.54, 1.807) is 0 Å². The van der Waals surface area contributed by atoms with Gasteiger partial charge in [-0.05, 0) is 19.1 Å². The number of carbonyl (C=O) groups is 1. The summed E-state index contributed by atoms with van der Waals surface area (Å²) in [6.07, 6.45) is 1.50. The number of rotatable bonds is 2. The van der Waals surface area contributed by atoms with Gasteiger partial charge in [0.25, 0.3) is 5.91 Å². The molecule has 3 rings (SSSR count). The SMILES string of the molecule is Cc1ccc(C(=O)N2CCN(c3ncn[nH]3)CC2)cc1. The molecule has 6 nitrogen and oxygen atoms in total. The highest BCUT2D eigenvalue weighted by molar-refractivity contribution is 5.94. The van der Waals surface area contributed by atoms with Gasteiger partial charge in [-0.15, -0.1) is 0 Å². The molecule has 1 aliphatic heterocycles. The highest BCUT2D eigenvalue weighted by Crippen LogP contribution is 2.12. The van der Waals surface area contributed by atoms with Crippen molar-refractivity contribution in [3.05, 3.63) is 41.7 Å². The van der Waals surface area contributed by atoms with Crippen molar-refractivity contribution in [1.82, 2.24) is 20.1 Å². The van der Waals surface area contributed by atoms with E-state index in [1.165, 1.54) is 6.33 Å². The number of benzene rings is 1. The lowest BCUT2D eigenvalue weighted by atomic mass is 10.1. The summed E-state index contributed by atoms with van der Waals surface area (Å²) in [4.78, 5) is 20.5. The van der Waals surface area contributed by atoms with E-state index < -0.39 is 0 Å². The molecule has 0 bridgehead atoms. The highest BCUT2D eigenvalue weighted by Gasteiger charge is 2.23. The van der Waals surface area contributed by atoms with Crippen molar-refractivity contribution in [1.29, 1.82) is 0 Å². The van der Waals surface area contributed by atoms with Crippen LogP contribution < -0.4 is 4.90 Å². The third kappa shape index (κ3) is 2.49. The van der Waals surface area contributed by atoms with Gasteiger partial charge >= 0.3 is 0 Å². The molecule has 1 fully saturated rings. The second-order valence-electron chi connectivity index (χ2n) is 4.95. The number of anilines is 1. The lowest BCUT2D eigenvalue weighted by molar-refractivity contribution is 0.0746. The van der Waals surface area contributed by atoms with E-state index in [9.17, 15) is 4.79 Å². The fourth-order valence-electron chi connectivity index (χ4n) is 2.35. The topological polar surface area (TPSA) is 65.1 Å². The molecular weight excluding hydrogens is 254 g/mol. The zero-order valence-electron chi connectivity index (χ0n) is 11.4. The molecule has 2 heterocycles. The molecule has 20 heavy (non-hydrogen) atoms. The lowest BCUT2D eigenvalue weighted by Crippen LogP contribution is -2.49. The van der Waals surface area contributed by atoms with Gasteiger partial charge in [0.2, 0.25) is 5.95 Å². The summed E-state index contributed by atoms with van der Waals surface area (Å²) in [7, 11) is 0. The molecule has 1 aromatic carbocycles. The average Bonchev–Trinajstić information content (AvgIpc) is 3.02.